The SMILES string of the molecule is Cc1cnc(C(C)Nc2cc(C)c(N)cc2Br)o1. The average molecular weight is 310 g/mol. The van der Waals surface area contributed by atoms with Gasteiger partial charge < -0.3 is 15.5 Å². The van der Waals surface area contributed by atoms with Crippen LogP contribution in [-0.4, -0.2) is 4.98 Å². The maximum Gasteiger partial charge on any atom is 0.216 e. The molecule has 0 spiro atoms. The Kier molecular flexibility index (Phi) is 3.61. The molecule has 2 aromatic rings. The molecule has 96 valence electrons. The summed E-state index contributed by atoms with van der Waals surface area (Å²) in [6, 6.07) is 3.90. The van der Waals surface area contributed by atoms with Crippen LogP contribution in [0.1, 0.15) is 30.2 Å². The smallest absolute Gasteiger partial charge is 0.216 e. The molecule has 18 heavy (non-hydrogen) atoms. The second kappa shape index (κ2) is 5.02. The molecule has 3 N–H and O–H groups in total. The van der Waals surface area contributed by atoms with Crippen LogP contribution in [0.4, 0.5) is 11.4 Å². The van der Waals surface area contributed by atoms with Crippen LogP contribution in [0.3, 0.4) is 0 Å². The van der Waals surface area contributed by atoms with Crippen LogP contribution in [0.2, 0.25) is 0 Å². The Hall–Kier alpha value is -1.49. The van der Waals surface area contributed by atoms with E-state index >= 15 is 0 Å². The molecular formula is C13H16BrN3O. The summed E-state index contributed by atoms with van der Waals surface area (Å²) in [7, 11) is 0. The summed E-state index contributed by atoms with van der Waals surface area (Å²) in [5, 5.41) is 3.35. The fourth-order valence-electron chi connectivity index (χ4n) is 1.67. The Morgan fingerprint density at radius 2 is 2.11 bits per heavy atom. The van der Waals surface area contributed by atoms with Crippen LogP contribution >= 0.6 is 15.9 Å². The highest BCUT2D eigenvalue weighted by Gasteiger charge is 2.13. The van der Waals surface area contributed by atoms with Gasteiger partial charge in [-0.05, 0) is 54.4 Å². The van der Waals surface area contributed by atoms with Crippen LogP contribution in [-0.2, 0) is 0 Å². The molecule has 1 atom stereocenters. The van der Waals surface area contributed by atoms with Crippen LogP contribution in [0.15, 0.2) is 27.2 Å². The minimum Gasteiger partial charge on any atom is -0.444 e. The van der Waals surface area contributed by atoms with E-state index < -0.39 is 0 Å². The highest BCUT2D eigenvalue weighted by Crippen LogP contribution is 2.30. The van der Waals surface area contributed by atoms with Crippen molar-refractivity contribution in [3.05, 3.63) is 40.0 Å². The van der Waals surface area contributed by atoms with Gasteiger partial charge in [-0.15, -0.1) is 0 Å². The molecule has 0 amide bonds. The fourth-order valence-corrected chi connectivity index (χ4v) is 2.15. The van der Waals surface area contributed by atoms with E-state index in [-0.39, 0.29) is 6.04 Å². The highest BCUT2D eigenvalue weighted by molar-refractivity contribution is 9.10. The summed E-state index contributed by atoms with van der Waals surface area (Å²) >= 11 is 3.49. The van der Waals surface area contributed by atoms with Crippen LogP contribution in [0, 0.1) is 13.8 Å². The lowest BCUT2D eigenvalue weighted by molar-refractivity contribution is 0.453. The summed E-state index contributed by atoms with van der Waals surface area (Å²) in [4.78, 5) is 4.21. The lowest BCUT2D eigenvalue weighted by Gasteiger charge is -2.15. The Morgan fingerprint density at radius 1 is 1.39 bits per heavy atom. The topological polar surface area (TPSA) is 64.1 Å². The number of hydrogen-bond donors (Lipinski definition) is 2. The molecule has 0 aliphatic carbocycles. The molecule has 5 heteroatoms. The maximum absolute atomic E-state index is 5.85. The predicted molar refractivity (Wildman–Crippen MR) is 76.6 cm³/mol. The summed E-state index contributed by atoms with van der Waals surface area (Å²) in [6.45, 7) is 5.86. The quantitative estimate of drug-likeness (QED) is 0.846. The standard InChI is InChI=1S/C13H16BrN3O/c1-7-4-12(10(14)5-11(7)15)17-9(3)13-16-6-8(2)18-13/h4-6,9,17H,15H2,1-3H3. The summed E-state index contributed by atoms with van der Waals surface area (Å²) < 4.78 is 6.43. The first-order valence-corrected chi connectivity index (χ1v) is 6.51. The molecule has 1 unspecified atom stereocenters. The van der Waals surface area contributed by atoms with Gasteiger partial charge in [-0.1, -0.05) is 0 Å². The monoisotopic (exact) mass is 309 g/mol. The zero-order chi connectivity index (χ0) is 13.3. The number of hydrogen-bond acceptors (Lipinski definition) is 4. The minimum atomic E-state index is -0.00183. The van der Waals surface area contributed by atoms with Crippen molar-refractivity contribution in [2.45, 2.75) is 26.8 Å². The van der Waals surface area contributed by atoms with E-state index in [1.54, 1.807) is 6.20 Å². The van der Waals surface area contributed by atoms with Gasteiger partial charge in [-0.2, -0.15) is 0 Å². The van der Waals surface area contributed by atoms with Crippen molar-refractivity contribution >= 4 is 27.3 Å². The van der Waals surface area contributed by atoms with Crippen molar-refractivity contribution < 1.29 is 4.42 Å². The molecule has 0 aliphatic heterocycles. The molecule has 4 nitrogen and oxygen atoms in total. The van der Waals surface area contributed by atoms with Gasteiger partial charge in [0.1, 0.15) is 11.8 Å². The van der Waals surface area contributed by atoms with E-state index in [4.69, 9.17) is 10.2 Å². The number of oxazole rings is 1. The van der Waals surface area contributed by atoms with Crippen LogP contribution in [0.5, 0.6) is 0 Å². The third-order valence-corrected chi connectivity index (χ3v) is 3.39. The molecule has 0 aliphatic rings. The van der Waals surface area contributed by atoms with E-state index in [2.05, 4.69) is 26.2 Å². The van der Waals surface area contributed by atoms with Crippen molar-refractivity contribution in [2.24, 2.45) is 0 Å². The molecule has 1 aromatic heterocycles. The van der Waals surface area contributed by atoms with E-state index in [9.17, 15) is 0 Å². The van der Waals surface area contributed by atoms with Crippen molar-refractivity contribution in [3.63, 3.8) is 0 Å². The third kappa shape index (κ3) is 2.67. The number of rotatable bonds is 3. The molecule has 2 rings (SSSR count). The number of nitrogens with one attached hydrogen (secondary N) is 1. The second-order valence-electron chi connectivity index (χ2n) is 4.36. The Labute approximate surface area is 115 Å². The first kappa shape index (κ1) is 13.0. The Balaban J connectivity index is 2.21. The average Bonchev–Trinajstić information content (AvgIpc) is 2.73. The number of aryl methyl sites for hydroxylation is 2. The minimum absolute atomic E-state index is 0.00183. The second-order valence-corrected chi connectivity index (χ2v) is 5.22. The van der Waals surface area contributed by atoms with Gasteiger partial charge in [0.05, 0.1) is 6.20 Å². The van der Waals surface area contributed by atoms with Gasteiger partial charge in [0.2, 0.25) is 5.89 Å². The molecule has 0 bridgehead atoms. The molecule has 0 saturated carbocycles. The van der Waals surface area contributed by atoms with Gasteiger partial charge in [0.25, 0.3) is 0 Å². The van der Waals surface area contributed by atoms with Gasteiger partial charge in [0, 0.05) is 15.8 Å². The molecule has 0 fully saturated rings. The van der Waals surface area contributed by atoms with E-state index in [1.165, 1.54) is 0 Å². The highest BCUT2D eigenvalue weighted by atomic mass is 79.9. The normalized spacial score (nSPS) is 12.4. The van der Waals surface area contributed by atoms with Crippen molar-refractivity contribution in [1.82, 2.24) is 4.98 Å². The number of anilines is 2. The number of nitrogens with zero attached hydrogens (tertiary/aromatic N) is 1. The van der Waals surface area contributed by atoms with Gasteiger partial charge in [-0.3, -0.25) is 0 Å². The first-order chi connectivity index (χ1) is 8.47. The van der Waals surface area contributed by atoms with Gasteiger partial charge in [0.15, 0.2) is 0 Å². The summed E-state index contributed by atoms with van der Waals surface area (Å²) in [5.41, 5.74) is 8.63. The van der Waals surface area contributed by atoms with Crippen molar-refractivity contribution in [2.75, 3.05) is 11.1 Å². The van der Waals surface area contributed by atoms with Crippen LogP contribution in [0.25, 0.3) is 0 Å². The predicted octanol–water partition coefficient (Wildman–Crippen LogP) is 3.81. The van der Waals surface area contributed by atoms with Gasteiger partial charge >= 0.3 is 0 Å². The number of nitrogen functional groups attached to an aromatic ring is 1. The molecule has 0 saturated heterocycles. The molecular weight excluding hydrogens is 294 g/mol. The van der Waals surface area contributed by atoms with E-state index in [0.29, 0.717) is 5.89 Å². The number of aromatic nitrogens is 1. The number of nitrogens with two attached hydrogens (primary N) is 1. The fraction of sp³-hybridized carbons (Fsp3) is 0.308. The zero-order valence-electron chi connectivity index (χ0n) is 10.6. The van der Waals surface area contributed by atoms with Crippen molar-refractivity contribution in [3.8, 4) is 0 Å². The Morgan fingerprint density at radius 3 is 2.72 bits per heavy atom. The molecule has 1 aromatic carbocycles. The lowest BCUT2D eigenvalue weighted by atomic mass is 10.1. The van der Waals surface area contributed by atoms with Crippen LogP contribution < -0.4 is 11.1 Å². The maximum atomic E-state index is 5.85. The Bertz CT molecular complexity index is 565. The summed E-state index contributed by atoms with van der Waals surface area (Å²) in [6.07, 6.45) is 1.72. The number of benzene rings is 1. The van der Waals surface area contributed by atoms with Gasteiger partial charge in [-0.25, -0.2) is 4.98 Å². The largest absolute Gasteiger partial charge is 0.444 e. The molecule has 0 radical (unpaired) electrons. The summed E-state index contributed by atoms with van der Waals surface area (Å²) in [5.74, 6) is 1.49. The van der Waals surface area contributed by atoms with E-state index in [1.807, 2.05) is 32.9 Å². The first-order valence-electron chi connectivity index (χ1n) is 5.72. The lowest BCUT2D eigenvalue weighted by Crippen LogP contribution is -2.08. The molecule has 1 heterocycles. The zero-order valence-corrected chi connectivity index (χ0v) is 12.2. The third-order valence-electron chi connectivity index (χ3n) is 2.74. The van der Waals surface area contributed by atoms with Crippen molar-refractivity contribution in [1.29, 1.82) is 0 Å². The number of halogens is 1. The van der Waals surface area contributed by atoms with E-state index in [0.717, 1.165) is 27.2 Å².